The Morgan fingerprint density at radius 2 is 1.94 bits per heavy atom. The van der Waals surface area contributed by atoms with Crippen molar-refractivity contribution in [3.8, 4) is 0 Å². The van der Waals surface area contributed by atoms with E-state index in [1.807, 2.05) is 4.98 Å². The summed E-state index contributed by atoms with van der Waals surface area (Å²) in [6.45, 7) is -0.477. The SMILES string of the molecule is COC1C(O)C(n2ccc(=O)[nH]c2=O)OC1C(O)C(N)=O.NC(=O)CNC(=O)C1=CC(O)C(O)CO1. The number of methoxy groups -OCH3 is 1. The zero-order chi connectivity index (χ0) is 27.2. The molecule has 0 aromatic carbocycles. The summed E-state index contributed by atoms with van der Waals surface area (Å²) in [7, 11) is 1.25. The molecule has 7 unspecified atom stereocenters. The molecule has 2 aliphatic heterocycles. The summed E-state index contributed by atoms with van der Waals surface area (Å²) in [5.74, 6) is -2.52. The molecule has 0 saturated carbocycles. The van der Waals surface area contributed by atoms with Crippen LogP contribution >= 0.6 is 0 Å². The lowest BCUT2D eigenvalue weighted by Crippen LogP contribution is -2.46. The molecule has 3 amide bonds. The van der Waals surface area contributed by atoms with E-state index >= 15 is 0 Å². The number of nitrogens with zero attached hydrogens (tertiary/aromatic N) is 1. The predicted molar refractivity (Wildman–Crippen MR) is 115 cm³/mol. The minimum atomic E-state index is -1.71. The lowest BCUT2D eigenvalue weighted by atomic mass is 10.1. The molecular weight excluding hydrogens is 490 g/mol. The molecule has 1 aromatic rings. The first kappa shape index (κ1) is 28.6. The van der Waals surface area contributed by atoms with E-state index in [9.17, 15) is 39.3 Å². The first-order valence-electron chi connectivity index (χ1n) is 10.3. The Morgan fingerprint density at radius 1 is 1.28 bits per heavy atom. The van der Waals surface area contributed by atoms with Crippen molar-refractivity contribution < 1.29 is 49.0 Å². The predicted octanol–water partition coefficient (Wildman–Crippen LogP) is -6.12. The molecule has 0 spiro atoms. The van der Waals surface area contributed by atoms with E-state index in [4.69, 9.17) is 30.8 Å². The molecule has 1 saturated heterocycles. The van der Waals surface area contributed by atoms with E-state index in [2.05, 4.69) is 5.32 Å². The molecule has 36 heavy (non-hydrogen) atoms. The third kappa shape index (κ3) is 6.97. The average Bonchev–Trinajstić information content (AvgIpc) is 3.14. The van der Waals surface area contributed by atoms with E-state index in [0.717, 1.165) is 22.9 Å². The Morgan fingerprint density at radius 3 is 2.47 bits per heavy atom. The standard InChI is InChI=1S/C11H15N3O7.C8H12N2O5/c1-20-7-6(17)10(21-8(7)5(16)9(12)18)14-3-2-4(15)13-11(14)19;9-7(13)2-10-8(14)6-1-4(11)5(12)3-15-6/h2-3,5-8,10,16-17H,1H3,(H2,12,18)(H,13,15,19);1,4-5,11-12H,2-3H2,(H2,9,13)(H,10,14). The van der Waals surface area contributed by atoms with Crippen LogP contribution in [-0.4, -0.2) is 105 Å². The topological polar surface area (TPSA) is 279 Å². The molecule has 2 aliphatic rings. The molecular formula is C19H27N5O12. The minimum Gasteiger partial charge on any atom is -0.485 e. The van der Waals surface area contributed by atoms with E-state index in [-0.39, 0.29) is 18.9 Å². The van der Waals surface area contributed by atoms with Crippen molar-refractivity contribution in [2.24, 2.45) is 11.5 Å². The number of hydrogen-bond acceptors (Lipinski definition) is 12. The first-order valence-corrected chi connectivity index (χ1v) is 10.3. The Kier molecular flexibility index (Phi) is 9.84. The van der Waals surface area contributed by atoms with Crippen molar-refractivity contribution in [3.63, 3.8) is 0 Å². The maximum Gasteiger partial charge on any atom is 0.330 e. The van der Waals surface area contributed by atoms with E-state index < -0.39 is 71.8 Å². The van der Waals surface area contributed by atoms with Gasteiger partial charge >= 0.3 is 5.69 Å². The summed E-state index contributed by atoms with van der Waals surface area (Å²) in [6.07, 6.45) is -6.61. The number of nitrogens with one attached hydrogen (secondary N) is 2. The summed E-state index contributed by atoms with van der Waals surface area (Å²) in [5, 5.41) is 40.3. The molecule has 17 heteroatoms. The number of H-pyrrole nitrogens is 1. The van der Waals surface area contributed by atoms with Crippen molar-refractivity contribution in [1.82, 2.24) is 14.9 Å². The van der Waals surface area contributed by atoms with Crippen LogP contribution in [0.5, 0.6) is 0 Å². The number of nitrogens with two attached hydrogens (primary N) is 2. The number of carbonyl (C=O) groups is 3. The number of rotatable bonds is 7. The largest absolute Gasteiger partial charge is 0.485 e. The second kappa shape index (κ2) is 12.4. The van der Waals surface area contributed by atoms with Gasteiger partial charge in [-0.3, -0.25) is 28.7 Å². The van der Waals surface area contributed by atoms with Gasteiger partial charge in [0.15, 0.2) is 18.1 Å². The molecule has 1 aromatic heterocycles. The van der Waals surface area contributed by atoms with Gasteiger partial charge in [0.05, 0.1) is 6.54 Å². The fourth-order valence-electron chi connectivity index (χ4n) is 3.21. The molecule has 3 heterocycles. The van der Waals surface area contributed by atoms with Gasteiger partial charge in [0.2, 0.25) is 11.8 Å². The number of hydrogen-bond donors (Lipinski definition) is 8. The molecule has 7 atom stereocenters. The molecule has 0 aliphatic carbocycles. The first-order chi connectivity index (χ1) is 16.9. The number of aliphatic hydroxyl groups is 4. The van der Waals surface area contributed by atoms with Gasteiger partial charge in [0, 0.05) is 19.4 Å². The van der Waals surface area contributed by atoms with Crippen LogP contribution in [0, 0.1) is 0 Å². The molecule has 0 bridgehead atoms. The third-order valence-corrected chi connectivity index (χ3v) is 5.02. The van der Waals surface area contributed by atoms with Crippen molar-refractivity contribution >= 4 is 17.7 Å². The molecule has 3 rings (SSSR count). The zero-order valence-electron chi connectivity index (χ0n) is 18.8. The number of amides is 3. The van der Waals surface area contributed by atoms with Crippen LogP contribution in [-0.2, 0) is 28.6 Å². The van der Waals surface area contributed by atoms with Crippen molar-refractivity contribution in [2.45, 2.75) is 42.9 Å². The van der Waals surface area contributed by atoms with E-state index in [1.165, 1.54) is 7.11 Å². The maximum atomic E-state index is 11.7. The van der Waals surface area contributed by atoms with Gasteiger partial charge in [-0.25, -0.2) is 4.79 Å². The van der Waals surface area contributed by atoms with Crippen molar-refractivity contribution in [3.05, 3.63) is 44.9 Å². The van der Waals surface area contributed by atoms with Crippen LogP contribution in [0.1, 0.15) is 6.23 Å². The van der Waals surface area contributed by atoms with Crippen LogP contribution in [0.25, 0.3) is 0 Å². The maximum absolute atomic E-state index is 11.7. The van der Waals surface area contributed by atoms with Gasteiger partial charge < -0.3 is 51.4 Å². The number of aliphatic hydroxyl groups excluding tert-OH is 4. The lowest BCUT2D eigenvalue weighted by Gasteiger charge is -2.22. The monoisotopic (exact) mass is 517 g/mol. The summed E-state index contributed by atoms with van der Waals surface area (Å²) in [4.78, 5) is 57.4. The number of aromatic nitrogens is 2. The Bertz CT molecular complexity index is 1100. The van der Waals surface area contributed by atoms with Gasteiger partial charge in [-0.2, -0.15) is 0 Å². The molecule has 10 N–H and O–H groups in total. The smallest absolute Gasteiger partial charge is 0.330 e. The van der Waals surface area contributed by atoms with Crippen LogP contribution < -0.4 is 28.0 Å². The molecule has 1 fully saturated rings. The van der Waals surface area contributed by atoms with Crippen molar-refractivity contribution in [1.29, 1.82) is 0 Å². The highest BCUT2D eigenvalue weighted by molar-refractivity contribution is 5.94. The Hall–Kier alpha value is -3.61. The molecule has 200 valence electrons. The van der Waals surface area contributed by atoms with Gasteiger partial charge in [0.25, 0.3) is 11.5 Å². The molecule has 17 nitrogen and oxygen atoms in total. The summed E-state index contributed by atoms with van der Waals surface area (Å²) in [5.41, 5.74) is 8.39. The van der Waals surface area contributed by atoms with E-state index in [0.29, 0.717) is 0 Å². The number of aromatic amines is 1. The summed E-state index contributed by atoms with van der Waals surface area (Å²) >= 11 is 0. The number of carbonyl (C=O) groups excluding carboxylic acids is 3. The van der Waals surface area contributed by atoms with Gasteiger partial charge in [-0.1, -0.05) is 0 Å². The third-order valence-electron chi connectivity index (χ3n) is 5.02. The number of primary amides is 2. The van der Waals surface area contributed by atoms with Gasteiger partial charge in [0.1, 0.15) is 37.1 Å². The average molecular weight is 517 g/mol. The Balaban J connectivity index is 0.000000269. The quantitative estimate of drug-likeness (QED) is 0.168. The second-order valence-electron chi connectivity index (χ2n) is 7.60. The lowest BCUT2D eigenvalue weighted by molar-refractivity contribution is -0.141. The van der Waals surface area contributed by atoms with Gasteiger partial charge in [-0.15, -0.1) is 0 Å². The highest BCUT2D eigenvalue weighted by Gasteiger charge is 2.49. The van der Waals surface area contributed by atoms with Crippen LogP contribution in [0.15, 0.2) is 33.7 Å². The normalized spacial score (nSPS) is 28.1. The van der Waals surface area contributed by atoms with Gasteiger partial charge in [-0.05, 0) is 6.08 Å². The Labute approximate surface area is 201 Å². The summed E-state index contributed by atoms with van der Waals surface area (Å²) < 4.78 is 16.1. The molecule has 0 radical (unpaired) electrons. The zero-order valence-corrected chi connectivity index (χ0v) is 18.8. The fraction of sp³-hybridized carbons (Fsp3) is 0.526. The highest BCUT2D eigenvalue weighted by atomic mass is 16.6. The number of ether oxygens (including phenoxy) is 3. The van der Waals surface area contributed by atoms with Crippen LogP contribution in [0.2, 0.25) is 0 Å². The van der Waals surface area contributed by atoms with Crippen molar-refractivity contribution in [2.75, 3.05) is 20.3 Å². The summed E-state index contributed by atoms with van der Waals surface area (Å²) in [6, 6.07) is 1.07. The minimum absolute atomic E-state index is 0.131. The van der Waals surface area contributed by atoms with E-state index in [1.54, 1.807) is 0 Å². The van der Waals surface area contributed by atoms with Crippen LogP contribution in [0.4, 0.5) is 0 Å². The van der Waals surface area contributed by atoms with Crippen LogP contribution in [0.3, 0.4) is 0 Å². The highest BCUT2D eigenvalue weighted by Crippen LogP contribution is 2.31. The fourth-order valence-corrected chi connectivity index (χ4v) is 3.21. The second-order valence-corrected chi connectivity index (χ2v) is 7.60.